The Bertz CT molecular complexity index is 910. The van der Waals surface area contributed by atoms with Gasteiger partial charge in [0.05, 0.1) is 5.69 Å². The molecule has 0 aromatic carbocycles. The van der Waals surface area contributed by atoms with Crippen LogP contribution in [0.5, 0.6) is 0 Å². The Kier molecular flexibility index (Phi) is 4.63. The Hall–Kier alpha value is -2.80. The first-order chi connectivity index (χ1) is 13.3. The zero-order valence-corrected chi connectivity index (χ0v) is 16.6. The zero-order chi connectivity index (χ0) is 19.8. The molecule has 2 aliphatic rings. The predicted molar refractivity (Wildman–Crippen MR) is 112 cm³/mol. The molecule has 1 aliphatic carbocycles. The van der Waals surface area contributed by atoms with E-state index in [9.17, 15) is 0 Å². The normalized spacial score (nSPS) is 22.1. The lowest BCUT2D eigenvalue weighted by Crippen LogP contribution is -2.61. The van der Waals surface area contributed by atoms with Crippen LogP contribution in [0, 0.1) is 11.3 Å². The lowest BCUT2D eigenvalue weighted by molar-refractivity contribution is 0.163. The van der Waals surface area contributed by atoms with Crippen LogP contribution >= 0.6 is 0 Å². The van der Waals surface area contributed by atoms with Gasteiger partial charge >= 0.3 is 0 Å². The highest BCUT2D eigenvalue weighted by atomic mass is 15.3. The monoisotopic (exact) mass is 377 g/mol. The van der Waals surface area contributed by atoms with Crippen molar-refractivity contribution in [3.05, 3.63) is 48.2 Å². The van der Waals surface area contributed by atoms with E-state index in [4.69, 9.17) is 10.7 Å². The minimum Gasteiger partial charge on any atom is -0.351 e. The molecular formula is C21H27N7. The van der Waals surface area contributed by atoms with Crippen molar-refractivity contribution in [2.24, 2.45) is 22.1 Å². The fourth-order valence-electron chi connectivity index (χ4n) is 3.08. The van der Waals surface area contributed by atoms with E-state index in [1.807, 2.05) is 24.4 Å². The second-order valence-corrected chi connectivity index (χ2v) is 8.57. The van der Waals surface area contributed by atoms with Crippen molar-refractivity contribution in [3.63, 3.8) is 0 Å². The van der Waals surface area contributed by atoms with Crippen molar-refractivity contribution in [3.8, 4) is 0 Å². The Morgan fingerprint density at radius 1 is 1.18 bits per heavy atom. The summed E-state index contributed by atoms with van der Waals surface area (Å²) in [6, 6.07) is 5.67. The standard InChI is InChI=1S/C21H27N7/c1-20(2,3)21(22)25-13-16(18(28-21)12-14-4-5-14)17-8-11-24-19(27-17)26-15-6-9-23-10-7-15/h6-11,13-14,28H,4-5,12,22H2,1-3H3,(H,23,24,26,27). The molecule has 1 unspecified atom stereocenters. The second kappa shape index (κ2) is 6.98. The highest BCUT2D eigenvalue weighted by Gasteiger charge is 2.41. The molecule has 3 heterocycles. The van der Waals surface area contributed by atoms with Crippen LogP contribution in [-0.2, 0) is 0 Å². The van der Waals surface area contributed by atoms with E-state index in [-0.39, 0.29) is 5.41 Å². The summed E-state index contributed by atoms with van der Waals surface area (Å²) in [5.74, 6) is 0.423. The molecule has 146 valence electrons. The minimum absolute atomic E-state index is 0.219. The van der Waals surface area contributed by atoms with Crippen molar-refractivity contribution < 1.29 is 0 Å². The first-order valence-electron chi connectivity index (χ1n) is 9.70. The molecule has 1 saturated carbocycles. The van der Waals surface area contributed by atoms with Gasteiger partial charge in [-0.1, -0.05) is 20.8 Å². The van der Waals surface area contributed by atoms with Crippen molar-refractivity contribution in [1.82, 2.24) is 20.3 Å². The van der Waals surface area contributed by atoms with Gasteiger partial charge in [0.25, 0.3) is 0 Å². The maximum atomic E-state index is 6.60. The molecule has 1 atom stereocenters. The van der Waals surface area contributed by atoms with Gasteiger partial charge in [-0.15, -0.1) is 0 Å². The number of nitrogens with zero attached hydrogens (tertiary/aromatic N) is 4. The number of anilines is 2. The first kappa shape index (κ1) is 18.6. The summed E-state index contributed by atoms with van der Waals surface area (Å²) in [4.78, 5) is 17.8. The summed E-state index contributed by atoms with van der Waals surface area (Å²) in [7, 11) is 0. The molecule has 28 heavy (non-hydrogen) atoms. The molecule has 4 rings (SSSR count). The molecule has 2 aromatic rings. The van der Waals surface area contributed by atoms with Crippen LogP contribution in [-0.4, -0.2) is 27.0 Å². The summed E-state index contributed by atoms with van der Waals surface area (Å²) < 4.78 is 0. The van der Waals surface area contributed by atoms with Gasteiger partial charge in [0, 0.05) is 47.2 Å². The van der Waals surface area contributed by atoms with E-state index in [1.54, 1.807) is 18.6 Å². The maximum Gasteiger partial charge on any atom is 0.227 e. The van der Waals surface area contributed by atoms with Crippen molar-refractivity contribution in [2.75, 3.05) is 5.32 Å². The molecule has 0 radical (unpaired) electrons. The maximum absolute atomic E-state index is 6.60. The van der Waals surface area contributed by atoms with Crippen LogP contribution in [0.15, 0.2) is 47.5 Å². The van der Waals surface area contributed by atoms with E-state index in [1.165, 1.54) is 12.8 Å². The molecular weight excluding hydrogens is 350 g/mol. The number of nitrogens with one attached hydrogen (secondary N) is 2. The van der Waals surface area contributed by atoms with Crippen LogP contribution in [0.25, 0.3) is 5.57 Å². The summed E-state index contributed by atoms with van der Waals surface area (Å²) in [5, 5.41) is 6.75. The van der Waals surface area contributed by atoms with Gasteiger partial charge in [-0.2, -0.15) is 0 Å². The number of nitrogens with two attached hydrogens (primary N) is 1. The Morgan fingerprint density at radius 3 is 2.61 bits per heavy atom. The average molecular weight is 377 g/mol. The molecule has 1 fully saturated rings. The number of hydrogen-bond donors (Lipinski definition) is 3. The molecule has 7 nitrogen and oxygen atoms in total. The number of hydrogen-bond acceptors (Lipinski definition) is 7. The van der Waals surface area contributed by atoms with Crippen molar-refractivity contribution >= 4 is 23.4 Å². The number of allylic oxidation sites excluding steroid dienone is 2. The molecule has 2 aromatic heterocycles. The summed E-state index contributed by atoms with van der Waals surface area (Å²) >= 11 is 0. The number of rotatable bonds is 5. The summed E-state index contributed by atoms with van der Waals surface area (Å²) in [5.41, 5.74) is 10.2. The van der Waals surface area contributed by atoms with Gasteiger partial charge in [0.1, 0.15) is 0 Å². The molecule has 0 bridgehead atoms. The largest absolute Gasteiger partial charge is 0.351 e. The molecule has 0 saturated heterocycles. The zero-order valence-electron chi connectivity index (χ0n) is 16.6. The van der Waals surface area contributed by atoms with Crippen LogP contribution < -0.4 is 16.4 Å². The Morgan fingerprint density at radius 2 is 1.93 bits per heavy atom. The molecule has 4 N–H and O–H groups in total. The lowest BCUT2D eigenvalue weighted by atomic mass is 9.85. The van der Waals surface area contributed by atoms with Crippen LogP contribution in [0.1, 0.15) is 45.7 Å². The third-order valence-corrected chi connectivity index (χ3v) is 5.27. The van der Waals surface area contributed by atoms with Crippen LogP contribution in [0.2, 0.25) is 0 Å². The van der Waals surface area contributed by atoms with Gasteiger partial charge in [-0.05, 0) is 43.4 Å². The van der Waals surface area contributed by atoms with E-state index >= 15 is 0 Å². The van der Waals surface area contributed by atoms with Crippen LogP contribution in [0.3, 0.4) is 0 Å². The quantitative estimate of drug-likeness (QED) is 0.738. The average Bonchev–Trinajstić information content (AvgIpc) is 3.46. The summed E-state index contributed by atoms with van der Waals surface area (Å²) in [6.45, 7) is 6.29. The minimum atomic E-state index is -0.828. The Balaban J connectivity index is 1.66. The van der Waals surface area contributed by atoms with Crippen molar-refractivity contribution in [1.29, 1.82) is 0 Å². The number of aromatic nitrogens is 3. The predicted octanol–water partition coefficient (Wildman–Crippen LogP) is 3.46. The summed E-state index contributed by atoms with van der Waals surface area (Å²) in [6.07, 6.45) is 10.6. The van der Waals surface area contributed by atoms with E-state index in [0.717, 1.165) is 29.1 Å². The van der Waals surface area contributed by atoms with E-state index in [2.05, 4.69) is 46.4 Å². The van der Waals surface area contributed by atoms with E-state index in [0.29, 0.717) is 11.9 Å². The molecule has 1 aliphatic heterocycles. The topological polar surface area (TPSA) is 101 Å². The van der Waals surface area contributed by atoms with Gasteiger partial charge in [0.2, 0.25) is 5.95 Å². The number of aliphatic imine (C=N–C) groups is 1. The lowest BCUT2D eigenvalue weighted by Gasteiger charge is -2.42. The Labute approximate surface area is 165 Å². The van der Waals surface area contributed by atoms with E-state index < -0.39 is 5.79 Å². The number of pyridine rings is 1. The van der Waals surface area contributed by atoms with Gasteiger partial charge in [-0.3, -0.25) is 10.7 Å². The van der Waals surface area contributed by atoms with Gasteiger partial charge in [0.15, 0.2) is 5.79 Å². The highest BCUT2D eigenvalue weighted by Crippen LogP contribution is 2.39. The molecule has 0 amide bonds. The molecule has 7 heteroatoms. The fourth-order valence-corrected chi connectivity index (χ4v) is 3.08. The second-order valence-electron chi connectivity index (χ2n) is 8.57. The van der Waals surface area contributed by atoms with Gasteiger partial charge in [-0.25, -0.2) is 15.0 Å². The van der Waals surface area contributed by atoms with Crippen molar-refractivity contribution in [2.45, 2.75) is 45.8 Å². The smallest absolute Gasteiger partial charge is 0.227 e. The van der Waals surface area contributed by atoms with Gasteiger partial charge < -0.3 is 10.6 Å². The fraction of sp³-hybridized carbons (Fsp3) is 0.429. The first-order valence-corrected chi connectivity index (χ1v) is 9.70. The molecule has 0 spiro atoms. The third-order valence-electron chi connectivity index (χ3n) is 5.27. The highest BCUT2D eigenvalue weighted by molar-refractivity contribution is 6.11. The SMILES string of the molecule is CC(C)(C)C1(N)N=CC(c2ccnc(Nc3ccncc3)n2)=C(CC2CC2)N1. The third kappa shape index (κ3) is 3.89. The van der Waals surface area contributed by atoms with Crippen LogP contribution in [0.4, 0.5) is 11.6 Å².